The van der Waals surface area contributed by atoms with Crippen molar-refractivity contribution >= 4 is 29.1 Å². The molecule has 0 radical (unpaired) electrons. The molecule has 3 atom stereocenters. The molecule has 2 heterocycles. The maximum atomic E-state index is 11.9. The van der Waals surface area contributed by atoms with Crippen LogP contribution in [0.25, 0.3) is 11.2 Å². The highest BCUT2D eigenvalue weighted by Crippen LogP contribution is 2.45. The maximum absolute atomic E-state index is 11.9. The zero-order chi connectivity index (χ0) is 18.1. The highest BCUT2D eigenvalue weighted by Gasteiger charge is 2.44. The number of esters is 2. The number of nitrogens with zero attached hydrogens (tertiary/aromatic N) is 3. The number of aromatic nitrogens is 4. The molecule has 2 aromatic heterocycles. The number of H-pyrrole nitrogens is 1. The van der Waals surface area contributed by atoms with Gasteiger partial charge in [0.2, 0.25) is 5.95 Å². The largest absolute Gasteiger partial charge is 0.466 e. The lowest BCUT2D eigenvalue weighted by molar-refractivity contribution is -0.152. The van der Waals surface area contributed by atoms with Crippen molar-refractivity contribution in [3.63, 3.8) is 0 Å². The van der Waals surface area contributed by atoms with E-state index in [4.69, 9.17) is 15.2 Å². The number of nitrogen functional groups attached to an aromatic ring is 1. The minimum atomic E-state index is -0.409. The lowest BCUT2D eigenvalue weighted by Crippen LogP contribution is -2.44. The molecule has 0 aromatic carbocycles. The monoisotopic (exact) mass is 349 g/mol. The molecule has 0 bridgehead atoms. The topological polar surface area (TPSA) is 142 Å². The Kier molecular flexibility index (Phi) is 4.43. The average Bonchev–Trinajstić information content (AvgIpc) is 2.89. The smallest absolute Gasteiger partial charge is 0.302 e. The third-order valence-corrected chi connectivity index (χ3v) is 4.43. The second-order valence-electron chi connectivity index (χ2n) is 6.11. The Bertz CT molecular complexity index is 873. The van der Waals surface area contributed by atoms with Crippen molar-refractivity contribution < 1.29 is 19.1 Å². The average molecular weight is 349 g/mol. The van der Waals surface area contributed by atoms with E-state index in [9.17, 15) is 14.4 Å². The van der Waals surface area contributed by atoms with E-state index in [-0.39, 0.29) is 54.5 Å². The van der Waals surface area contributed by atoms with Gasteiger partial charge in [-0.15, -0.1) is 0 Å². The molecular formula is C15H19N5O5. The number of ether oxygens (including phenoxy) is 2. The van der Waals surface area contributed by atoms with Gasteiger partial charge in [0.25, 0.3) is 5.56 Å². The number of rotatable bonds is 5. The summed E-state index contributed by atoms with van der Waals surface area (Å²) in [6, 6.07) is -0.0846. The number of anilines is 1. The molecule has 2 aromatic rings. The van der Waals surface area contributed by atoms with Gasteiger partial charge in [0.05, 0.1) is 19.5 Å². The van der Waals surface area contributed by atoms with Crippen LogP contribution in [0.15, 0.2) is 11.1 Å². The van der Waals surface area contributed by atoms with E-state index in [0.29, 0.717) is 12.1 Å². The van der Waals surface area contributed by atoms with Crippen molar-refractivity contribution in [2.75, 3.05) is 18.9 Å². The Morgan fingerprint density at radius 2 is 2.00 bits per heavy atom. The normalized spacial score (nSPS) is 22.4. The molecule has 1 fully saturated rings. The van der Waals surface area contributed by atoms with Gasteiger partial charge in [-0.3, -0.25) is 19.4 Å². The van der Waals surface area contributed by atoms with Crippen LogP contribution in [0.1, 0.15) is 26.3 Å². The van der Waals surface area contributed by atoms with E-state index < -0.39 is 5.56 Å². The predicted molar refractivity (Wildman–Crippen MR) is 86.5 cm³/mol. The quantitative estimate of drug-likeness (QED) is 0.719. The van der Waals surface area contributed by atoms with E-state index >= 15 is 0 Å². The predicted octanol–water partition coefficient (Wildman–Crippen LogP) is 0.00520. The first-order valence-electron chi connectivity index (χ1n) is 7.86. The van der Waals surface area contributed by atoms with Gasteiger partial charge in [-0.1, -0.05) is 0 Å². The molecular weight excluding hydrogens is 330 g/mol. The van der Waals surface area contributed by atoms with Crippen LogP contribution in [0.4, 0.5) is 5.95 Å². The number of hydrogen-bond acceptors (Lipinski definition) is 8. The molecule has 1 aliphatic carbocycles. The summed E-state index contributed by atoms with van der Waals surface area (Å²) >= 11 is 0. The Morgan fingerprint density at radius 1 is 1.32 bits per heavy atom. The summed E-state index contributed by atoms with van der Waals surface area (Å²) in [6.45, 7) is 3.12. The van der Waals surface area contributed by atoms with Crippen molar-refractivity contribution in [3.8, 4) is 0 Å². The van der Waals surface area contributed by atoms with E-state index in [2.05, 4.69) is 15.0 Å². The molecule has 10 heteroatoms. The first-order chi connectivity index (χ1) is 11.9. The Hall–Kier alpha value is -2.91. The zero-order valence-electron chi connectivity index (χ0n) is 13.9. The van der Waals surface area contributed by atoms with Crippen LogP contribution in [-0.2, 0) is 19.1 Å². The molecule has 10 nitrogen and oxygen atoms in total. The number of carbonyl (C=O) groups excluding carboxylic acids is 2. The van der Waals surface area contributed by atoms with Crippen LogP contribution >= 0.6 is 0 Å². The summed E-state index contributed by atoms with van der Waals surface area (Å²) in [7, 11) is 0. The van der Waals surface area contributed by atoms with Crippen LogP contribution in [-0.4, -0.2) is 44.7 Å². The molecule has 0 aliphatic heterocycles. The van der Waals surface area contributed by atoms with Gasteiger partial charge in [0.1, 0.15) is 0 Å². The minimum Gasteiger partial charge on any atom is -0.466 e. The van der Waals surface area contributed by atoms with Crippen LogP contribution in [0.3, 0.4) is 0 Å². The molecule has 25 heavy (non-hydrogen) atoms. The van der Waals surface area contributed by atoms with Crippen molar-refractivity contribution in [2.45, 2.75) is 26.3 Å². The summed E-state index contributed by atoms with van der Waals surface area (Å²) < 4.78 is 12.0. The summed E-state index contributed by atoms with van der Waals surface area (Å²) in [5.74, 6) is -0.769. The Labute approximate surface area is 142 Å². The first-order valence-corrected chi connectivity index (χ1v) is 7.86. The third-order valence-electron chi connectivity index (χ3n) is 4.43. The number of nitrogens with two attached hydrogens (primary N) is 1. The Balaban J connectivity index is 1.86. The second kappa shape index (κ2) is 6.54. The molecule has 0 amide bonds. The number of aromatic amines is 1. The number of fused-ring (bicyclic) bond motifs is 1. The van der Waals surface area contributed by atoms with Crippen LogP contribution in [0, 0.1) is 11.8 Å². The van der Waals surface area contributed by atoms with E-state index in [1.54, 1.807) is 4.57 Å². The van der Waals surface area contributed by atoms with Gasteiger partial charge < -0.3 is 19.8 Å². The van der Waals surface area contributed by atoms with Crippen LogP contribution in [0.5, 0.6) is 0 Å². The third kappa shape index (κ3) is 3.32. The fourth-order valence-electron chi connectivity index (χ4n) is 3.16. The van der Waals surface area contributed by atoms with Crippen molar-refractivity contribution in [1.29, 1.82) is 0 Å². The number of carbonyl (C=O) groups is 2. The molecule has 3 rings (SSSR count). The van der Waals surface area contributed by atoms with Crippen molar-refractivity contribution in [3.05, 3.63) is 16.7 Å². The zero-order valence-corrected chi connectivity index (χ0v) is 13.9. The van der Waals surface area contributed by atoms with Crippen molar-refractivity contribution in [1.82, 2.24) is 19.5 Å². The van der Waals surface area contributed by atoms with E-state index in [1.807, 2.05) is 0 Å². The molecule has 0 spiro atoms. The van der Waals surface area contributed by atoms with Gasteiger partial charge in [0.15, 0.2) is 11.2 Å². The molecule has 3 N–H and O–H groups in total. The SMILES string of the molecule is CC(=O)OCC1CC(n2cnc3c(=O)[nH]c(N)nc32)C1COC(C)=O. The molecule has 3 unspecified atom stereocenters. The highest BCUT2D eigenvalue weighted by atomic mass is 16.5. The minimum absolute atomic E-state index is 0.00609. The molecule has 1 aliphatic rings. The van der Waals surface area contributed by atoms with Gasteiger partial charge in [-0.25, -0.2) is 4.98 Å². The number of hydrogen-bond donors (Lipinski definition) is 2. The summed E-state index contributed by atoms with van der Waals surface area (Å²) in [4.78, 5) is 44.8. The maximum Gasteiger partial charge on any atom is 0.302 e. The molecule has 134 valence electrons. The van der Waals surface area contributed by atoms with Gasteiger partial charge in [-0.05, 0) is 6.42 Å². The fraction of sp³-hybridized carbons (Fsp3) is 0.533. The molecule has 1 saturated carbocycles. The second-order valence-corrected chi connectivity index (χ2v) is 6.11. The lowest BCUT2D eigenvalue weighted by atomic mass is 9.69. The van der Waals surface area contributed by atoms with Gasteiger partial charge in [0, 0.05) is 31.7 Å². The molecule has 0 saturated heterocycles. The number of nitrogens with one attached hydrogen (secondary N) is 1. The van der Waals surface area contributed by atoms with Crippen LogP contribution < -0.4 is 11.3 Å². The fourth-order valence-corrected chi connectivity index (χ4v) is 3.16. The summed E-state index contributed by atoms with van der Waals surface area (Å²) in [6.07, 6.45) is 2.21. The van der Waals surface area contributed by atoms with Crippen molar-refractivity contribution in [2.24, 2.45) is 11.8 Å². The first kappa shape index (κ1) is 16.9. The summed E-state index contributed by atoms with van der Waals surface area (Å²) in [5.41, 5.74) is 5.79. The van der Waals surface area contributed by atoms with E-state index in [0.717, 1.165) is 0 Å². The lowest BCUT2D eigenvalue weighted by Gasteiger charge is -2.44. The Morgan fingerprint density at radius 3 is 2.68 bits per heavy atom. The van der Waals surface area contributed by atoms with Gasteiger partial charge in [-0.2, -0.15) is 4.98 Å². The van der Waals surface area contributed by atoms with Crippen LogP contribution in [0.2, 0.25) is 0 Å². The highest BCUT2D eigenvalue weighted by molar-refractivity contribution is 5.70. The number of imidazole rings is 1. The summed E-state index contributed by atoms with van der Waals surface area (Å²) in [5, 5.41) is 0. The van der Waals surface area contributed by atoms with E-state index in [1.165, 1.54) is 20.2 Å². The van der Waals surface area contributed by atoms with Gasteiger partial charge >= 0.3 is 11.9 Å². The standard InChI is InChI=1S/C15H19N5O5/c1-7(21)24-4-9-3-11(10(9)5-25-8(2)22)20-6-17-12-13(20)18-15(16)19-14(12)23/h6,9-11H,3-5H2,1-2H3,(H3,16,18,19,23).